The van der Waals surface area contributed by atoms with Crippen molar-refractivity contribution in [3.8, 4) is 0 Å². The largest absolute Gasteiger partial charge is 0.326 e. The molecule has 1 aromatic heterocycles. The van der Waals surface area contributed by atoms with Crippen LogP contribution in [0.15, 0.2) is 16.3 Å². The number of sulfonamides is 1. The van der Waals surface area contributed by atoms with Crippen molar-refractivity contribution in [1.82, 2.24) is 4.31 Å². The third-order valence-electron chi connectivity index (χ3n) is 2.72. The standard InChI is InChI=1S/C10H18N2O2S2/c1-4-8(2)12(3)16(13,14)10-5-9(6-11)15-7-10/h5,7-8H,4,6,11H2,1-3H3. The highest BCUT2D eigenvalue weighted by Gasteiger charge is 2.25. The number of hydrogen-bond donors (Lipinski definition) is 1. The second-order valence-corrected chi connectivity index (χ2v) is 6.72. The van der Waals surface area contributed by atoms with Crippen LogP contribution in [0.5, 0.6) is 0 Å². The van der Waals surface area contributed by atoms with Gasteiger partial charge in [-0.25, -0.2) is 8.42 Å². The van der Waals surface area contributed by atoms with Gasteiger partial charge < -0.3 is 5.73 Å². The topological polar surface area (TPSA) is 63.4 Å². The van der Waals surface area contributed by atoms with Gasteiger partial charge >= 0.3 is 0 Å². The lowest BCUT2D eigenvalue weighted by Crippen LogP contribution is -2.34. The second kappa shape index (κ2) is 5.27. The van der Waals surface area contributed by atoms with Crippen LogP contribution in [0.2, 0.25) is 0 Å². The molecule has 0 aliphatic heterocycles. The first-order valence-corrected chi connectivity index (χ1v) is 7.51. The zero-order chi connectivity index (χ0) is 12.3. The molecular weight excluding hydrogens is 244 g/mol. The SMILES string of the molecule is CCC(C)N(C)S(=O)(=O)c1csc(CN)c1. The molecule has 0 saturated carbocycles. The number of nitrogens with zero attached hydrogens (tertiary/aromatic N) is 1. The van der Waals surface area contributed by atoms with Gasteiger partial charge in [0.05, 0.1) is 4.90 Å². The van der Waals surface area contributed by atoms with E-state index in [9.17, 15) is 8.42 Å². The zero-order valence-corrected chi connectivity index (χ0v) is 11.4. The summed E-state index contributed by atoms with van der Waals surface area (Å²) in [4.78, 5) is 1.23. The van der Waals surface area contributed by atoms with Gasteiger partial charge in [0.25, 0.3) is 0 Å². The fraction of sp³-hybridized carbons (Fsp3) is 0.600. The molecule has 0 aliphatic carbocycles. The van der Waals surface area contributed by atoms with Crippen LogP contribution in [-0.4, -0.2) is 25.8 Å². The summed E-state index contributed by atoms with van der Waals surface area (Å²) >= 11 is 1.38. The molecule has 1 aromatic rings. The van der Waals surface area contributed by atoms with Crippen LogP contribution in [-0.2, 0) is 16.6 Å². The van der Waals surface area contributed by atoms with Crippen LogP contribution in [0.4, 0.5) is 0 Å². The highest BCUT2D eigenvalue weighted by molar-refractivity contribution is 7.89. The third kappa shape index (κ3) is 2.63. The van der Waals surface area contributed by atoms with Crippen molar-refractivity contribution in [3.63, 3.8) is 0 Å². The van der Waals surface area contributed by atoms with Crippen LogP contribution in [0, 0.1) is 0 Å². The van der Waals surface area contributed by atoms with Gasteiger partial charge in [-0.05, 0) is 19.4 Å². The number of hydrogen-bond acceptors (Lipinski definition) is 4. The Balaban J connectivity index is 3.01. The molecule has 1 heterocycles. The minimum atomic E-state index is -3.35. The minimum absolute atomic E-state index is 0.00577. The molecule has 0 aliphatic rings. The van der Waals surface area contributed by atoms with E-state index in [1.807, 2.05) is 13.8 Å². The van der Waals surface area contributed by atoms with Crippen molar-refractivity contribution in [2.75, 3.05) is 7.05 Å². The summed E-state index contributed by atoms with van der Waals surface area (Å²) < 4.78 is 25.7. The van der Waals surface area contributed by atoms with E-state index in [0.29, 0.717) is 11.4 Å². The Morgan fingerprint density at radius 3 is 2.62 bits per heavy atom. The first-order valence-electron chi connectivity index (χ1n) is 5.19. The summed E-state index contributed by atoms with van der Waals surface area (Å²) in [5.41, 5.74) is 5.47. The Bertz CT molecular complexity index is 439. The van der Waals surface area contributed by atoms with Gasteiger partial charge in [0.1, 0.15) is 0 Å². The van der Waals surface area contributed by atoms with Gasteiger partial charge in [-0.3, -0.25) is 0 Å². The molecule has 2 N–H and O–H groups in total. The summed E-state index contributed by atoms with van der Waals surface area (Å²) in [5.74, 6) is 0. The number of thiophene rings is 1. The maximum atomic E-state index is 12.2. The van der Waals surface area contributed by atoms with Crippen molar-refractivity contribution in [1.29, 1.82) is 0 Å². The molecule has 0 fully saturated rings. The van der Waals surface area contributed by atoms with Gasteiger partial charge in [-0.1, -0.05) is 6.92 Å². The minimum Gasteiger partial charge on any atom is -0.326 e. The van der Waals surface area contributed by atoms with Gasteiger partial charge in [0, 0.05) is 29.9 Å². The van der Waals surface area contributed by atoms with Crippen LogP contribution in [0.1, 0.15) is 25.1 Å². The van der Waals surface area contributed by atoms with E-state index in [-0.39, 0.29) is 6.04 Å². The van der Waals surface area contributed by atoms with E-state index in [2.05, 4.69) is 0 Å². The molecule has 1 unspecified atom stereocenters. The third-order valence-corrected chi connectivity index (χ3v) is 5.78. The highest BCUT2D eigenvalue weighted by Crippen LogP contribution is 2.23. The molecular formula is C10H18N2O2S2. The molecule has 0 spiro atoms. The van der Waals surface area contributed by atoms with Crippen LogP contribution < -0.4 is 5.73 Å². The van der Waals surface area contributed by atoms with Gasteiger partial charge in [-0.2, -0.15) is 4.31 Å². The monoisotopic (exact) mass is 262 g/mol. The summed E-state index contributed by atoms with van der Waals surface area (Å²) in [6, 6.07) is 1.66. The van der Waals surface area contributed by atoms with E-state index in [1.54, 1.807) is 18.5 Å². The quantitative estimate of drug-likeness (QED) is 0.877. The van der Waals surface area contributed by atoms with Crippen LogP contribution in [0.25, 0.3) is 0 Å². The van der Waals surface area contributed by atoms with Crippen molar-refractivity contribution >= 4 is 21.4 Å². The fourth-order valence-electron chi connectivity index (χ4n) is 1.26. The number of rotatable bonds is 5. The lowest BCUT2D eigenvalue weighted by Gasteiger charge is -2.22. The van der Waals surface area contributed by atoms with Crippen molar-refractivity contribution in [2.24, 2.45) is 5.73 Å². The summed E-state index contributed by atoms with van der Waals surface area (Å²) in [7, 11) is -1.74. The number of nitrogens with two attached hydrogens (primary N) is 1. The van der Waals surface area contributed by atoms with Gasteiger partial charge in [-0.15, -0.1) is 11.3 Å². The van der Waals surface area contributed by atoms with E-state index < -0.39 is 10.0 Å². The lowest BCUT2D eigenvalue weighted by molar-refractivity contribution is 0.381. The Labute approximate surface area is 101 Å². The Morgan fingerprint density at radius 2 is 2.19 bits per heavy atom. The zero-order valence-electron chi connectivity index (χ0n) is 9.80. The van der Waals surface area contributed by atoms with E-state index in [0.717, 1.165) is 11.3 Å². The molecule has 0 amide bonds. The van der Waals surface area contributed by atoms with E-state index in [1.165, 1.54) is 15.6 Å². The van der Waals surface area contributed by atoms with Crippen LogP contribution in [0.3, 0.4) is 0 Å². The molecule has 4 nitrogen and oxygen atoms in total. The molecule has 0 radical (unpaired) electrons. The average molecular weight is 262 g/mol. The fourth-order valence-corrected chi connectivity index (χ4v) is 3.84. The average Bonchev–Trinajstić information content (AvgIpc) is 2.75. The van der Waals surface area contributed by atoms with E-state index in [4.69, 9.17) is 5.73 Å². The maximum absolute atomic E-state index is 12.2. The Hall–Kier alpha value is -0.430. The maximum Gasteiger partial charge on any atom is 0.243 e. The van der Waals surface area contributed by atoms with Crippen molar-refractivity contribution < 1.29 is 8.42 Å². The molecule has 0 aromatic carbocycles. The Kier molecular flexibility index (Phi) is 4.49. The molecule has 1 rings (SSSR count). The predicted molar refractivity (Wildman–Crippen MR) is 66.9 cm³/mol. The predicted octanol–water partition coefficient (Wildman–Crippen LogP) is 1.63. The summed E-state index contributed by atoms with van der Waals surface area (Å²) in [6.07, 6.45) is 0.795. The van der Waals surface area contributed by atoms with Gasteiger partial charge in [0.2, 0.25) is 10.0 Å². The molecule has 16 heavy (non-hydrogen) atoms. The van der Waals surface area contributed by atoms with Crippen molar-refractivity contribution in [3.05, 3.63) is 16.3 Å². The molecule has 6 heteroatoms. The van der Waals surface area contributed by atoms with Crippen molar-refractivity contribution in [2.45, 2.75) is 37.8 Å². The molecule has 92 valence electrons. The van der Waals surface area contributed by atoms with E-state index >= 15 is 0 Å². The summed E-state index contributed by atoms with van der Waals surface area (Å²) in [5, 5.41) is 1.65. The lowest BCUT2D eigenvalue weighted by atomic mass is 10.3. The molecule has 1 atom stereocenters. The second-order valence-electron chi connectivity index (χ2n) is 3.73. The van der Waals surface area contributed by atoms with Gasteiger partial charge in [0.15, 0.2) is 0 Å². The molecule has 0 bridgehead atoms. The summed E-state index contributed by atoms with van der Waals surface area (Å²) in [6.45, 7) is 4.25. The first-order chi connectivity index (χ1) is 7.43. The Morgan fingerprint density at radius 1 is 1.56 bits per heavy atom. The molecule has 0 saturated heterocycles. The van der Waals surface area contributed by atoms with Crippen LogP contribution >= 0.6 is 11.3 Å². The normalized spacial score (nSPS) is 14.3. The smallest absolute Gasteiger partial charge is 0.243 e. The highest BCUT2D eigenvalue weighted by atomic mass is 32.2. The first kappa shape index (κ1) is 13.6.